The van der Waals surface area contributed by atoms with Gasteiger partial charge < -0.3 is 10.1 Å². The predicted molar refractivity (Wildman–Crippen MR) is 95.9 cm³/mol. The van der Waals surface area contributed by atoms with Crippen molar-refractivity contribution in [1.82, 2.24) is 5.32 Å². The first kappa shape index (κ1) is 16.5. The molecule has 0 saturated carbocycles. The van der Waals surface area contributed by atoms with Gasteiger partial charge in [-0.25, -0.2) is 0 Å². The maximum absolute atomic E-state index is 5.56. The van der Waals surface area contributed by atoms with Crippen LogP contribution in [0.25, 0.3) is 0 Å². The van der Waals surface area contributed by atoms with E-state index in [2.05, 4.69) is 71.3 Å². The number of benzene rings is 1. The molecule has 0 amide bonds. The molecule has 0 fully saturated rings. The third-order valence-electron chi connectivity index (χ3n) is 2.87. The molecule has 2 aromatic rings. The average molecular weight is 484 g/mol. The van der Waals surface area contributed by atoms with Gasteiger partial charge in [-0.05, 0) is 91.1 Å². The van der Waals surface area contributed by atoms with Crippen LogP contribution < -0.4 is 10.1 Å². The van der Waals surface area contributed by atoms with E-state index in [1.54, 1.807) is 11.3 Å². The van der Waals surface area contributed by atoms with Gasteiger partial charge in [0.05, 0.1) is 24.7 Å². The van der Waals surface area contributed by atoms with Gasteiger partial charge in [0.2, 0.25) is 0 Å². The van der Waals surface area contributed by atoms with Crippen molar-refractivity contribution in [3.8, 4) is 5.75 Å². The molecule has 0 aliphatic carbocycles. The molecule has 1 atom stereocenters. The van der Waals surface area contributed by atoms with Gasteiger partial charge in [-0.3, -0.25) is 0 Å². The Balaban J connectivity index is 2.37. The summed E-state index contributed by atoms with van der Waals surface area (Å²) in [5.41, 5.74) is 2.41. The fraction of sp³-hybridized carbons (Fsp3) is 0.286. The zero-order chi connectivity index (χ0) is 14.7. The summed E-state index contributed by atoms with van der Waals surface area (Å²) in [5.74, 6) is 0.872. The van der Waals surface area contributed by atoms with E-state index < -0.39 is 0 Å². The molecule has 1 N–H and O–H groups in total. The van der Waals surface area contributed by atoms with E-state index in [-0.39, 0.29) is 6.04 Å². The lowest BCUT2D eigenvalue weighted by atomic mass is 10.0. The van der Waals surface area contributed by atoms with Crippen molar-refractivity contribution in [1.29, 1.82) is 0 Å². The summed E-state index contributed by atoms with van der Waals surface area (Å²) in [5, 5.41) is 3.36. The molecule has 0 spiro atoms. The van der Waals surface area contributed by atoms with Crippen molar-refractivity contribution < 1.29 is 4.74 Å². The minimum absolute atomic E-state index is 0.138. The van der Waals surface area contributed by atoms with Crippen molar-refractivity contribution in [2.45, 2.75) is 13.0 Å². The molecule has 1 aromatic carbocycles. The van der Waals surface area contributed by atoms with Gasteiger partial charge in [0, 0.05) is 0 Å². The third kappa shape index (κ3) is 3.65. The fourth-order valence-electron chi connectivity index (χ4n) is 2.02. The molecular formula is C14H14Br3NOS. The van der Waals surface area contributed by atoms with Crippen molar-refractivity contribution in [2.24, 2.45) is 0 Å². The normalized spacial score (nSPS) is 12.4. The van der Waals surface area contributed by atoms with Gasteiger partial charge in [-0.15, -0.1) is 11.3 Å². The van der Waals surface area contributed by atoms with Gasteiger partial charge in [0.15, 0.2) is 0 Å². The molecule has 1 aromatic heterocycles. The van der Waals surface area contributed by atoms with Crippen LogP contribution in [-0.2, 0) is 0 Å². The lowest BCUT2D eigenvalue weighted by molar-refractivity contribution is 0.338. The molecule has 1 heterocycles. The second-order valence-electron chi connectivity index (χ2n) is 4.12. The highest BCUT2D eigenvalue weighted by Crippen LogP contribution is 2.39. The molecule has 0 saturated heterocycles. The Labute approximate surface area is 148 Å². The number of hydrogen-bond acceptors (Lipinski definition) is 3. The molecule has 108 valence electrons. The molecule has 0 aliphatic heterocycles. The topological polar surface area (TPSA) is 21.3 Å². The second-order valence-corrected chi connectivity index (χ2v) is 8.73. The van der Waals surface area contributed by atoms with E-state index in [0.717, 1.165) is 17.8 Å². The van der Waals surface area contributed by atoms with Crippen molar-refractivity contribution in [3.05, 3.63) is 47.4 Å². The first-order chi connectivity index (χ1) is 9.56. The average Bonchev–Trinajstić information content (AvgIpc) is 2.73. The molecule has 1 unspecified atom stereocenters. The summed E-state index contributed by atoms with van der Waals surface area (Å²) in [7, 11) is 1.97. The van der Waals surface area contributed by atoms with E-state index in [0.29, 0.717) is 6.61 Å². The van der Waals surface area contributed by atoms with Gasteiger partial charge in [0.25, 0.3) is 0 Å². The Bertz CT molecular complexity index is 600. The first-order valence-corrected chi connectivity index (χ1v) is 9.30. The van der Waals surface area contributed by atoms with Gasteiger partial charge in [-0.1, -0.05) is 6.07 Å². The molecular weight excluding hydrogens is 470 g/mol. The van der Waals surface area contributed by atoms with E-state index in [1.165, 1.54) is 11.1 Å². The van der Waals surface area contributed by atoms with Gasteiger partial charge >= 0.3 is 0 Å². The van der Waals surface area contributed by atoms with Gasteiger partial charge in [-0.2, -0.15) is 0 Å². The smallest absolute Gasteiger partial charge is 0.133 e. The summed E-state index contributed by atoms with van der Waals surface area (Å²) in [6.07, 6.45) is 0. The zero-order valence-electron chi connectivity index (χ0n) is 11.0. The molecule has 0 radical (unpaired) electrons. The standard InChI is InChI=1S/C14H14Br3NOS/c1-3-19-11-5-4-8(6-10(11)15)13(18-2)9-7-12(16)20-14(9)17/h4-7,13,18H,3H2,1-2H3. The summed E-state index contributed by atoms with van der Waals surface area (Å²) in [4.78, 5) is 0. The number of halogens is 3. The summed E-state index contributed by atoms with van der Waals surface area (Å²) < 4.78 is 8.78. The summed E-state index contributed by atoms with van der Waals surface area (Å²) in [6, 6.07) is 8.47. The Kier molecular flexibility index (Phi) is 6.10. The number of thiophene rings is 1. The lowest BCUT2D eigenvalue weighted by Gasteiger charge is -2.18. The van der Waals surface area contributed by atoms with Crippen molar-refractivity contribution >= 4 is 59.1 Å². The number of nitrogens with one attached hydrogen (secondary N) is 1. The highest BCUT2D eigenvalue weighted by molar-refractivity contribution is 9.12. The highest BCUT2D eigenvalue weighted by atomic mass is 79.9. The number of ether oxygens (including phenoxy) is 1. The van der Waals surface area contributed by atoms with Crippen LogP contribution in [0.4, 0.5) is 0 Å². The van der Waals surface area contributed by atoms with Crippen molar-refractivity contribution in [3.63, 3.8) is 0 Å². The van der Waals surface area contributed by atoms with Crippen LogP contribution in [-0.4, -0.2) is 13.7 Å². The van der Waals surface area contributed by atoms with Crippen molar-refractivity contribution in [2.75, 3.05) is 13.7 Å². The van der Waals surface area contributed by atoms with Crippen LogP contribution >= 0.6 is 59.1 Å². The largest absolute Gasteiger partial charge is 0.493 e. The Morgan fingerprint density at radius 1 is 1.25 bits per heavy atom. The molecule has 0 bridgehead atoms. The quantitative estimate of drug-likeness (QED) is 0.585. The van der Waals surface area contributed by atoms with Crippen LogP contribution in [0.1, 0.15) is 24.1 Å². The van der Waals surface area contributed by atoms with E-state index in [4.69, 9.17) is 4.74 Å². The Hall–Kier alpha value is 0.120. The number of hydrogen-bond donors (Lipinski definition) is 1. The van der Waals surface area contributed by atoms with Gasteiger partial charge in [0.1, 0.15) is 5.75 Å². The first-order valence-electron chi connectivity index (χ1n) is 6.11. The molecule has 2 nitrogen and oxygen atoms in total. The Morgan fingerprint density at radius 2 is 2.00 bits per heavy atom. The van der Waals surface area contributed by atoms with Crippen LogP contribution in [0.15, 0.2) is 36.3 Å². The molecule has 2 rings (SSSR count). The second kappa shape index (κ2) is 7.40. The zero-order valence-corrected chi connectivity index (χ0v) is 16.6. The lowest BCUT2D eigenvalue weighted by Crippen LogP contribution is -2.17. The minimum Gasteiger partial charge on any atom is -0.493 e. The summed E-state index contributed by atoms with van der Waals surface area (Å²) >= 11 is 12.4. The van der Waals surface area contributed by atoms with E-state index in [1.807, 2.05) is 20.0 Å². The highest BCUT2D eigenvalue weighted by Gasteiger charge is 2.18. The molecule has 20 heavy (non-hydrogen) atoms. The third-order valence-corrected chi connectivity index (χ3v) is 5.88. The Morgan fingerprint density at radius 3 is 2.50 bits per heavy atom. The predicted octanol–water partition coefficient (Wildman–Crippen LogP) is 5.74. The minimum atomic E-state index is 0.138. The monoisotopic (exact) mass is 481 g/mol. The summed E-state index contributed by atoms with van der Waals surface area (Å²) in [6.45, 7) is 2.65. The van der Waals surface area contributed by atoms with Crippen LogP contribution in [0.5, 0.6) is 5.75 Å². The molecule has 6 heteroatoms. The van der Waals surface area contributed by atoms with Crippen LogP contribution in [0, 0.1) is 0 Å². The SMILES string of the molecule is CCOc1ccc(C(NC)c2cc(Br)sc2Br)cc1Br. The number of rotatable bonds is 5. The maximum atomic E-state index is 5.56. The van der Waals surface area contributed by atoms with E-state index in [9.17, 15) is 0 Å². The maximum Gasteiger partial charge on any atom is 0.133 e. The molecule has 0 aliphatic rings. The fourth-order valence-corrected chi connectivity index (χ4v) is 5.43. The van der Waals surface area contributed by atoms with Crippen LogP contribution in [0.2, 0.25) is 0 Å². The van der Waals surface area contributed by atoms with Crippen LogP contribution in [0.3, 0.4) is 0 Å². The van der Waals surface area contributed by atoms with E-state index >= 15 is 0 Å².